The molecule has 5 atom stereocenters. The number of rotatable bonds is 2. The fraction of sp³-hybridized carbons (Fsp3) is 0.625. The van der Waals surface area contributed by atoms with Crippen LogP contribution in [0, 0.1) is 25.7 Å². The quantitative estimate of drug-likeness (QED) is 0.869. The van der Waals surface area contributed by atoms with Crippen LogP contribution >= 0.6 is 0 Å². The first-order valence-electron chi connectivity index (χ1n) is 6.89. The van der Waals surface area contributed by atoms with Gasteiger partial charge in [0.25, 0.3) is 0 Å². The highest BCUT2D eigenvalue weighted by Gasteiger charge is 2.40. The lowest BCUT2D eigenvalue weighted by Gasteiger charge is -2.26. The maximum atomic E-state index is 6.50. The molecule has 0 spiro atoms. The summed E-state index contributed by atoms with van der Waals surface area (Å²) in [6, 6.07) is 6.68. The van der Waals surface area contributed by atoms with Gasteiger partial charge >= 0.3 is 0 Å². The Labute approximate surface area is 111 Å². The molecule has 0 radical (unpaired) electrons. The molecule has 1 heterocycles. The minimum Gasteiger partial charge on any atom is -0.375 e. The van der Waals surface area contributed by atoms with E-state index in [1.807, 2.05) is 0 Å². The topological polar surface area (TPSA) is 35.2 Å². The second-order valence-corrected chi connectivity index (χ2v) is 5.93. The molecule has 2 nitrogen and oxygen atoms in total. The molecule has 1 aliphatic rings. The van der Waals surface area contributed by atoms with Gasteiger partial charge in [-0.15, -0.1) is 0 Å². The zero-order chi connectivity index (χ0) is 13.4. The lowest BCUT2D eigenvalue weighted by Crippen LogP contribution is -2.30. The number of benzene rings is 1. The van der Waals surface area contributed by atoms with E-state index < -0.39 is 0 Å². The molecule has 0 aliphatic carbocycles. The first-order valence-corrected chi connectivity index (χ1v) is 6.89. The number of hydrogen-bond donors (Lipinski definition) is 1. The number of nitrogens with two attached hydrogens (primary N) is 1. The molecule has 18 heavy (non-hydrogen) atoms. The van der Waals surface area contributed by atoms with Gasteiger partial charge in [-0.2, -0.15) is 0 Å². The van der Waals surface area contributed by atoms with Crippen molar-refractivity contribution in [2.75, 3.05) is 0 Å². The maximum absolute atomic E-state index is 6.50. The van der Waals surface area contributed by atoms with Gasteiger partial charge in [-0.3, -0.25) is 0 Å². The van der Waals surface area contributed by atoms with Crippen LogP contribution in [0.25, 0.3) is 0 Å². The van der Waals surface area contributed by atoms with Crippen molar-refractivity contribution < 1.29 is 4.74 Å². The first-order chi connectivity index (χ1) is 8.40. The van der Waals surface area contributed by atoms with Crippen LogP contribution in [0.1, 0.15) is 43.5 Å². The third-order valence-corrected chi connectivity index (χ3v) is 4.36. The van der Waals surface area contributed by atoms with Crippen molar-refractivity contribution in [3.05, 3.63) is 34.9 Å². The Morgan fingerprint density at radius 3 is 2.00 bits per heavy atom. The van der Waals surface area contributed by atoms with Crippen molar-refractivity contribution in [2.24, 2.45) is 17.6 Å². The Bertz CT molecular complexity index is 409. The predicted molar refractivity (Wildman–Crippen MR) is 75.5 cm³/mol. The van der Waals surface area contributed by atoms with Gasteiger partial charge < -0.3 is 10.5 Å². The molecular weight excluding hydrogens is 222 g/mol. The van der Waals surface area contributed by atoms with Gasteiger partial charge in [0, 0.05) is 12.0 Å². The second-order valence-electron chi connectivity index (χ2n) is 5.93. The summed E-state index contributed by atoms with van der Waals surface area (Å²) in [6.45, 7) is 10.8. The van der Waals surface area contributed by atoms with Crippen molar-refractivity contribution in [1.29, 1.82) is 0 Å². The number of ether oxygens (including phenoxy) is 1. The molecule has 0 bridgehead atoms. The minimum atomic E-state index is 0.0681. The van der Waals surface area contributed by atoms with Crippen molar-refractivity contribution in [3.8, 4) is 0 Å². The summed E-state index contributed by atoms with van der Waals surface area (Å²) >= 11 is 0. The Morgan fingerprint density at radius 2 is 1.56 bits per heavy atom. The minimum absolute atomic E-state index is 0.0681. The zero-order valence-electron chi connectivity index (χ0n) is 12.1. The van der Waals surface area contributed by atoms with Gasteiger partial charge in [-0.25, -0.2) is 0 Å². The summed E-state index contributed by atoms with van der Waals surface area (Å²) in [7, 11) is 0. The molecule has 0 saturated carbocycles. The lowest BCUT2D eigenvalue weighted by molar-refractivity contribution is 0.0489. The smallest absolute Gasteiger partial charge is 0.0600 e. The van der Waals surface area contributed by atoms with Crippen LogP contribution < -0.4 is 5.73 Å². The molecule has 1 aromatic carbocycles. The van der Waals surface area contributed by atoms with E-state index in [4.69, 9.17) is 10.5 Å². The van der Waals surface area contributed by atoms with Gasteiger partial charge in [0.15, 0.2) is 0 Å². The van der Waals surface area contributed by atoms with Gasteiger partial charge in [-0.05, 0) is 39.2 Å². The van der Waals surface area contributed by atoms with Crippen molar-refractivity contribution in [1.82, 2.24) is 0 Å². The number of aryl methyl sites for hydroxylation is 2. The molecule has 100 valence electrons. The van der Waals surface area contributed by atoms with Crippen LogP contribution in [-0.2, 0) is 4.74 Å². The molecule has 0 amide bonds. The average Bonchev–Trinajstić information content (AvgIpc) is 2.51. The largest absolute Gasteiger partial charge is 0.375 e. The summed E-state index contributed by atoms with van der Waals surface area (Å²) in [5, 5.41) is 0. The summed E-state index contributed by atoms with van der Waals surface area (Å²) in [5.41, 5.74) is 10.3. The lowest BCUT2D eigenvalue weighted by atomic mass is 9.80. The molecule has 1 saturated heterocycles. The Kier molecular flexibility index (Phi) is 3.79. The van der Waals surface area contributed by atoms with E-state index in [0.717, 1.165) is 0 Å². The highest BCUT2D eigenvalue weighted by atomic mass is 16.5. The highest BCUT2D eigenvalue weighted by molar-refractivity contribution is 5.31. The van der Waals surface area contributed by atoms with E-state index in [9.17, 15) is 0 Å². The molecule has 0 aromatic heterocycles. The summed E-state index contributed by atoms with van der Waals surface area (Å²) in [4.78, 5) is 0. The Balaban J connectivity index is 2.28. The zero-order valence-corrected chi connectivity index (χ0v) is 12.1. The molecular formula is C16H25NO. The van der Waals surface area contributed by atoms with E-state index >= 15 is 0 Å². The second kappa shape index (κ2) is 5.02. The van der Waals surface area contributed by atoms with Crippen molar-refractivity contribution in [3.63, 3.8) is 0 Å². The van der Waals surface area contributed by atoms with Gasteiger partial charge in [0.1, 0.15) is 0 Å². The maximum Gasteiger partial charge on any atom is 0.0600 e. The van der Waals surface area contributed by atoms with Gasteiger partial charge in [-0.1, -0.05) is 36.2 Å². The van der Waals surface area contributed by atoms with E-state index in [2.05, 4.69) is 52.8 Å². The van der Waals surface area contributed by atoms with Crippen molar-refractivity contribution >= 4 is 0 Å². The Hall–Kier alpha value is -0.860. The summed E-state index contributed by atoms with van der Waals surface area (Å²) < 4.78 is 5.91. The van der Waals surface area contributed by atoms with Gasteiger partial charge in [0.2, 0.25) is 0 Å². The van der Waals surface area contributed by atoms with Crippen LogP contribution in [0.5, 0.6) is 0 Å². The van der Waals surface area contributed by atoms with Gasteiger partial charge in [0.05, 0.1) is 12.2 Å². The molecule has 1 aliphatic heterocycles. The van der Waals surface area contributed by atoms with Crippen LogP contribution in [0.3, 0.4) is 0 Å². The van der Waals surface area contributed by atoms with E-state index in [1.54, 1.807) is 0 Å². The fourth-order valence-corrected chi connectivity index (χ4v) is 3.34. The monoisotopic (exact) mass is 247 g/mol. The molecule has 2 rings (SSSR count). The van der Waals surface area contributed by atoms with Crippen LogP contribution in [-0.4, -0.2) is 12.2 Å². The SMILES string of the molecule is Cc1cc(C)cc(C(N)C2C(C)OC(C)C2C)c1. The molecule has 2 heteroatoms. The number of hydrogen-bond acceptors (Lipinski definition) is 2. The van der Waals surface area contributed by atoms with Crippen LogP contribution in [0.4, 0.5) is 0 Å². The van der Waals surface area contributed by atoms with E-state index in [0.29, 0.717) is 17.9 Å². The Morgan fingerprint density at radius 1 is 1.00 bits per heavy atom. The molecule has 2 N–H and O–H groups in total. The van der Waals surface area contributed by atoms with E-state index in [1.165, 1.54) is 16.7 Å². The fourth-order valence-electron chi connectivity index (χ4n) is 3.34. The summed E-state index contributed by atoms with van der Waals surface area (Å²) in [6.07, 6.45) is 0.549. The third-order valence-electron chi connectivity index (χ3n) is 4.36. The van der Waals surface area contributed by atoms with Crippen LogP contribution in [0.15, 0.2) is 18.2 Å². The molecule has 1 aromatic rings. The normalized spacial score (nSPS) is 33.7. The standard InChI is InChI=1S/C16H25NO/c1-9-6-10(2)8-14(7-9)16(17)15-11(3)12(4)18-13(15)5/h6-8,11-13,15-16H,17H2,1-5H3. The average molecular weight is 247 g/mol. The highest BCUT2D eigenvalue weighted by Crippen LogP contribution is 2.39. The third kappa shape index (κ3) is 2.45. The summed E-state index contributed by atoms with van der Waals surface area (Å²) in [5.74, 6) is 0.914. The van der Waals surface area contributed by atoms with E-state index in [-0.39, 0.29) is 12.1 Å². The molecule has 5 unspecified atom stereocenters. The first kappa shape index (κ1) is 13.6. The molecule has 1 fully saturated rings. The predicted octanol–water partition coefficient (Wildman–Crippen LogP) is 3.36. The van der Waals surface area contributed by atoms with Crippen molar-refractivity contribution in [2.45, 2.75) is 52.9 Å². The van der Waals surface area contributed by atoms with Crippen LogP contribution in [0.2, 0.25) is 0 Å².